The van der Waals surface area contributed by atoms with Crippen molar-refractivity contribution in [3.05, 3.63) is 59.7 Å². The van der Waals surface area contributed by atoms with Gasteiger partial charge < -0.3 is 10.5 Å². The van der Waals surface area contributed by atoms with Gasteiger partial charge in [-0.25, -0.2) is 0 Å². The lowest BCUT2D eigenvalue weighted by Gasteiger charge is -2.37. The first-order valence-corrected chi connectivity index (χ1v) is 11.4. The van der Waals surface area contributed by atoms with E-state index in [1.165, 1.54) is 81.2 Å². The molecular formula is C26H33F2NO. The van der Waals surface area contributed by atoms with Gasteiger partial charge in [0.05, 0.1) is 5.56 Å². The zero-order valence-electron chi connectivity index (χ0n) is 17.8. The maximum Gasteiger partial charge on any atom is 0.426 e. The van der Waals surface area contributed by atoms with E-state index in [4.69, 9.17) is 10.5 Å². The van der Waals surface area contributed by atoms with Gasteiger partial charge in [0.15, 0.2) is 0 Å². The molecule has 2 saturated carbocycles. The lowest BCUT2D eigenvalue weighted by molar-refractivity contribution is -0.185. The quantitative estimate of drug-likeness (QED) is 0.515. The van der Waals surface area contributed by atoms with Crippen LogP contribution in [0.15, 0.2) is 48.5 Å². The van der Waals surface area contributed by atoms with Crippen molar-refractivity contribution in [1.29, 1.82) is 0 Å². The SMILES string of the molecule is CC1CCC(C2CCC(c3ccc(C(F)(F)Oc4ccc(N)cc4)cc3)CC2)CC1. The number of ether oxygens (including phenoxy) is 1. The number of hydrogen-bond donors (Lipinski definition) is 1. The van der Waals surface area contributed by atoms with Crippen molar-refractivity contribution in [3.63, 3.8) is 0 Å². The molecule has 2 aromatic carbocycles. The molecule has 0 radical (unpaired) electrons. The van der Waals surface area contributed by atoms with Gasteiger partial charge in [0.25, 0.3) is 0 Å². The van der Waals surface area contributed by atoms with E-state index in [0.29, 0.717) is 11.6 Å². The fourth-order valence-corrected chi connectivity index (χ4v) is 5.37. The summed E-state index contributed by atoms with van der Waals surface area (Å²) >= 11 is 0. The third-order valence-electron chi connectivity index (χ3n) is 7.34. The average Bonchev–Trinajstić information content (AvgIpc) is 2.76. The van der Waals surface area contributed by atoms with Gasteiger partial charge in [0.1, 0.15) is 5.75 Å². The minimum atomic E-state index is -3.37. The van der Waals surface area contributed by atoms with E-state index in [0.717, 1.165) is 17.8 Å². The first-order valence-electron chi connectivity index (χ1n) is 11.4. The van der Waals surface area contributed by atoms with Crippen molar-refractivity contribution in [1.82, 2.24) is 0 Å². The highest BCUT2D eigenvalue weighted by atomic mass is 19.3. The molecule has 0 saturated heterocycles. The highest BCUT2D eigenvalue weighted by Gasteiger charge is 2.35. The van der Waals surface area contributed by atoms with Gasteiger partial charge in [-0.2, -0.15) is 8.78 Å². The van der Waals surface area contributed by atoms with Crippen molar-refractivity contribution in [2.45, 2.75) is 70.3 Å². The molecular weight excluding hydrogens is 380 g/mol. The Morgan fingerprint density at radius 2 is 1.30 bits per heavy atom. The van der Waals surface area contributed by atoms with Crippen molar-refractivity contribution < 1.29 is 13.5 Å². The number of benzene rings is 2. The maximum atomic E-state index is 14.5. The average molecular weight is 414 g/mol. The van der Waals surface area contributed by atoms with E-state index in [1.807, 2.05) is 12.1 Å². The molecule has 0 unspecified atom stereocenters. The van der Waals surface area contributed by atoms with Crippen LogP contribution in [-0.4, -0.2) is 0 Å². The molecule has 2 fully saturated rings. The van der Waals surface area contributed by atoms with Crippen LogP contribution in [0.5, 0.6) is 5.75 Å². The largest absolute Gasteiger partial charge is 0.429 e. The van der Waals surface area contributed by atoms with Crippen LogP contribution >= 0.6 is 0 Å². The van der Waals surface area contributed by atoms with Gasteiger partial charge in [0, 0.05) is 5.69 Å². The van der Waals surface area contributed by atoms with Crippen LogP contribution in [-0.2, 0) is 6.11 Å². The second-order valence-corrected chi connectivity index (χ2v) is 9.44. The zero-order valence-corrected chi connectivity index (χ0v) is 17.8. The summed E-state index contributed by atoms with van der Waals surface area (Å²) in [5.41, 5.74) is 7.18. The molecule has 2 aliphatic rings. The van der Waals surface area contributed by atoms with Gasteiger partial charge in [-0.3, -0.25) is 0 Å². The fraction of sp³-hybridized carbons (Fsp3) is 0.538. The topological polar surface area (TPSA) is 35.2 Å². The van der Waals surface area contributed by atoms with E-state index in [2.05, 4.69) is 6.92 Å². The van der Waals surface area contributed by atoms with Crippen molar-refractivity contribution in [3.8, 4) is 5.75 Å². The lowest BCUT2D eigenvalue weighted by atomic mass is 9.68. The van der Waals surface area contributed by atoms with Crippen LogP contribution in [0.4, 0.5) is 14.5 Å². The van der Waals surface area contributed by atoms with E-state index >= 15 is 0 Å². The zero-order chi connectivity index (χ0) is 21.1. The molecule has 0 atom stereocenters. The third kappa shape index (κ3) is 4.96. The van der Waals surface area contributed by atoms with Crippen LogP contribution in [0.25, 0.3) is 0 Å². The number of anilines is 1. The first-order chi connectivity index (χ1) is 14.4. The summed E-state index contributed by atoms with van der Waals surface area (Å²) in [6.45, 7) is 2.38. The summed E-state index contributed by atoms with van der Waals surface area (Å²) in [6, 6.07) is 12.8. The number of rotatable bonds is 5. The molecule has 30 heavy (non-hydrogen) atoms. The summed E-state index contributed by atoms with van der Waals surface area (Å²) in [4.78, 5) is 0. The second-order valence-electron chi connectivity index (χ2n) is 9.44. The molecule has 0 amide bonds. The molecule has 0 heterocycles. The number of nitrogens with two attached hydrogens (primary N) is 1. The van der Waals surface area contributed by atoms with Gasteiger partial charge in [0.2, 0.25) is 0 Å². The van der Waals surface area contributed by atoms with Gasteiger partial charge in [-0.05, 0) is 104 Å². The second kappa shape index (κ2) is 8.95. The standard InChI is InChI=1S/C26H33F2NO/c1-18-2-4-19(5-3-18)20-6-8-21(9-7-20)22-10-12-23(13-11-22)26(27,28)30-25-16-14-24(29)15-17-25/h10-21H,2-9,29H2,1H3. The van der Waals surface area contributed by atoms with Gasteiger partial charge >= 0.3 is 6.11 Å². The number of halogens is 2. The van der Waals surface area contributed by atoms with E-state index in [9.17, 15) is 8.78 Å². The van der Waals surface area contributed by atoms with Crippen LogP contribution in [0, 0.1) is 17.8 Å². The lowest BCUT2D eigenvalue weighted by Crippen LogP contribution is -2.25. The molecule has 0 spiro atoms. The van der Waals surface area contributed by atoms with Crippen LogP contribution in [0.1, 0.15) is 75.3 Å². The maximum absolute atomic E-state index is 14.5. The summed E-state index contributed by atoms with van der Waals surface area (Å²) < 4.78 is 34.0. The number of alkyl halides is 2. The Labute approximate surface area is 178 Å². The molecule has 0 bridgehead atoms. The first kappa shape index (κ1) is 21.1. The molecule has 2 nitrogen and oxygen atoms in total. The molecule has 2 aromatic rings. The van der Waals surface area contributed by atoms with E-state index < -0.39 is 6.11 Å². The predicted octanol–water partition coefficient (Wildman–Crippen LogP) is 7.50. The Bertz CT molecular complexity index is 802. The number of hydrogen-bond acceptors (Lipinski definition) is 2. The molecule has 0 aliphatic heterocycles. The van der Waals surface area contributed by atoms with Gasteiger partial charge in [-0.1, -0.05) is 31.9 Å². The normalized spacial score (nSPS) is 27.6. The van der Waals surface area contributed by atoms with E-state index in [1.54, 1.807) is 12.1 Å². The summed E-state index contributed by atoms with van der Waals surface area (Å²) in [5, 5.41) is 0. The highest BCUT2D eigenvalue weighted by Crippen LogP contribution is 2.44. The smallest absolute Gasteiger partial charge is 0.426 e. The van der Waals surface area contributed by atoms with Crippen LogP contribution in [0.3, 0.4) is 0 Å². The summed E-state index contributed by atoms with van der Waals surface area (Å²) in [5.74, 6) is 3.27. The predicted molar refractivity (Wildman–Crippen MR) is 118 cm³/mol. The van der Waals surface area contributed by atoms with Crippen molar-refractivity contribution in [2.24, 2.45) is 17.8 Å². The molecule has 4 rings (SSSR count). The van der Waals surface area contributed by atoms with E-state index in [-0.39, 0.29) is 11.3 Å². The molecule has 0 aromatic heterocycles. The Balaban J connectivity index is 1.34. The monoisotopic (exact) mass is 413 g/mol. The van der Waals surface area contributed by atoms with Crippen LogP contribution in [0.2, 0.25) is 0 Å². The van der Waals surface area contributed by atoms with Crippen molar-refractivity contribution in [2.75, 3.05) is 5.73 Å². The molecule has 2 N–H and O–H groups in total. The van der Waals surface area contributed by atoms with Crippen LogP contribution < -0.4 is 10.5 Å². The Kier molecular flexibility index (Phi) is 6.31. The molecule has 2 aliphatic carbocycles. The summed E-state index contributed by atoms with van der Waals surface area (Å²) in [6.07, 6.45) is 7.11. The Morgan fingerprint density at radius 3 is 1.87 bits per heavy atom. The van der Waals surface area contributed by atoms with Gasteiger partial charge in [-0.15, -0.1) is 0 Å². The minimum Gasteiger partial charge on any atom is -0.429 e. The number of nitrogen functional groups attached to an aromatic ring is 1. The summed E-state index contributed by atoms with van der Waals surface area (Å²) in [7, 11) is 0. The minimum absolute atomic E-state index is 0.105. The fourth-order valence-electron chi connectivity index (χ4n) is 5.37. The highest BCUT2D eigenvalue weighted by molar-refractivity contribution is 5.42. The van der Waals surface area contributed by atoms with Crippen molar-refractivity contribution >= 4 is 5.69 Å². The Morgan fingerprint density at radius 1 is 0.767 bits per heavy atom. The molecule has 162 valence electrons. The Hall–Kier alpha value is -2.10. The molecule has 4 heteroatoms. The third-order valence-corrected chi connectivity index (χ3v) is 7.34.